The zero-order valence-electron chi connectivity index (χ0n) is 10.1. The molecule has 0 spiro atoms. The van der Waals surface area contributed by atoms with Gasteiger partial charge in [0.25, 0.3) is 0 Å². The number of aryl methyl sites for hydroxylation is 1. The fraction of sp³-hybridized carbons (Fsp3) is 0.583. The quantitative estimate of drug-likeness (QED) is 0.884. The van der Waals surface area contributed by atoms with Crippen LogP contribution in [0.4, 0.5) is 4.79 Å². The van der Waals surface area contributed by atoms with Crippen LogP contribution in [0.3, 0.4) is 0 Å². The Hall–Kier alpha value is -1.23. The lowest BCUT2D eigenvalue weighted by molar-refractivity contribution is 0.121. The first kappa shape index (κ1) is 12.2. The van der Waals surface area contributed by atoms with Crippen molar-refractivity contribution in [2.75, 3.05) is 6.54 Å². The van der Waals surface area contributed by atoms with E-state index >= 15 is 0 Å². The molecular formula is C12H17NO3S. The molecule has 1 aromatic heterocycles. The Morgan fingerprint density at radius 2 is 2.47 bits per heavy atom. The highest BCUT2D eigenvalue weighted by atomic mass is 32.1. The Bertz CT molecular complexity index is 416. The average molecular weight is 255 g/mol. The number of carbonyl (C=O) groups is 1. The molecule has 0 saturated heterocycles. The van der Waals surface area contributed by atoms with Crippen LogP contribution >= 0.6 is 11.3 Å². The molecule has 0 fully saturated rings. The van der Waals surface area contributed by atoms with Crippen molar-refractivity contribution in [3.05, 3.63) is 15.8 Å². The summed E-state index contributed by atoms with van der Waals surface area (Å²) in [7, 11) is 0. The van der Waals surface area contributed by atoms with Gasteiger partial charge in [0.15, 0.2) is 0 Å². The molecule has 0 unspecified atom stereocenters. The molecule has 0 bridgehead atoms. The van der Waals surface area contributed by atoms with Gasteiger partial charge in [-0.2, -0.15) is 0 Å². The standard InChI is InChI=1S/C12H17NO3S/c1-3-4-9-7-17-10-6-13(12(14)15)5-8(2)16-11(9)10/h7-8H,3-6H2,1-2H3,(H,14,15)/t8-/m0/s1. The van der Waals surface area contributed by atoms with Gasteiger partial charge < -0.3 is 9.84 Å². The first-order chi connectivity index (χ1) is 8.11. The van der Waals surface area contributed by atoms with Gasteiger partial charge in [0.1, 0.15) is 11.9 Å². The highest BCUT2D eigenvalue weighted by molar-refractivity contribution is 7.10. The van der Waals surface area contributed by atoms with E-state index in [1.165, 1.54) is 10.5 Å². The van der Waals surface area contributed by atoms with Gasteiger partial charge in [-0.3, -0.25) is 4.90 Å². The summed E-state index contributed by atoms with van der Waals surface area (Å²) < 4.78 is 5.87. The van der Waals surface area contributed by atoms with Crippen molar-refractivity contribution >= 4 is 17.4 Å². The molecule has 2 rings (SSSR count). The van der Waals surface area contributed by atoms with Crippen molar-refractivity contribution in [3.63, 3.8) is 0 Å². The fourth-order valence-electron chi connectivity index (χ4n) is 2.05. The second kappa shape index (κ2) is 4.96. The Labute approximate surface area is 105 Å². The molecule has 1 aromatic rings. The van der Waals surface area contributed by atoms with Gasteiger partial charge in [0.2, 0.25) is 0 Å². The minimum Gasteiger partial charge on any atom is -0.487 e. The number of hydrogen-bond acceptors (Lipinski definition) is 3. The smallest absolute Gasteiger partial charge is 0.407 e. The summed E-state index contributed by atoms with van der Waals surface area (Å²) in [5.74, 6) is 0.924. The minimum atomic E-state index is -0.876. The van der Waals surface area contributed by atoms with E-state index in [9.17, 15) is 4.79 Å². The highest BCUT2D eigenvalue weighted by Gasteiger charge is 2.26. The Morgan fingerprint density at radius 3 is 3.12 bits per heavy atom. The van der Waals surface area contributed by atoms with E-state index in [4.69, 9.17) is 9.84 Å². The van der Waals surface area contributed by atoms with Gasteiger partial charge in [-0.25, -0.2) is 4.79 Å². The molecule has 1 N–H and O–H groups in total. The lowest BCUT2D eigenvalue weighted by Gasteiger charge is -2.18. The number of ether oxygens (including phenoxy) is 1. The summed E-state index contributed by atoms with van der Waals surface area (Å²) in [4.78, 5) is 13.5. The number of nitrogens with zero attached hydrogens (tertiary/aromatic N) is 1. The summed E-state index contributed by atoms with van der Waals surface area (Å²) in [6, 6.07) is 0. The molecule has 94 valence electrons. The second-order valence-corrected chi connectivity index (χ2v) is 5.32. The third kappa shape index (κ3) is 2.54. The van der Waals surface area contributed by atoms with Crippen LogP contribution in [0.15, 0.2) is 5.38 Å². The van der Waals surface area contributed by atoms with Crippen LogP contribution in [0.25, 0.3) is 0 Å². The van der Waals surface area contributed by atoms with E-state index in [0.717, 1.165) is 23.5 Å². The van der Waals surface area contributed by atoms with Crippen molar-refractivity contribution in [2.45, 2.75) is 39.3 Å². The van der Waals surface area contributed by atoms with E-state index in [2.05, 4.69) is 12.3 Å². The number of amides is 1. The monoisotopic (exact) mass is 255 g/mol. The molecule has 1 aliphatic rings. The van der Waals surface area contributed by atoms with Crippen molar-refractivity contribution < 1.29 is 14.6 Å². The van der Waals surface area contributed by atoms with Crippen LogP contribution in [-0.4, -0.2) is 28.7 Å². The second-order valence-electron chi connectivity index (χ2n) is 4.35. The molecular weight excluding hydrogens is 238 g/mol. The van der Waals surface area contributed by atoms with E-state index < -0.39 is 6.09 Å². The summed E-state index contributed by atoms with van der Waals surface area (Å²) in [5, 5.41) is 11.2. The molecule has 0 aromatic carbocycles. The normalized spacial score (nSPS) is 19.4. The maximum atomic E-state index is 11.1. The third-order valence-electron chi connectivity index (χ3n) is 2.81. The topological polar surface area (TPSA) is 49.8 Å². The average Bonchev–Trinajstić information content (AvgIpc) is 2.54. The minimum absolute atomic E-state index is 0.0856. The molecule has 5 heteroatoms. The third-order valence-corrected chi connectivity index (χ3v) is 3.81. The summed E-state index contributed by atoms with van der Waals surface area (Å²) in [5.41, 5.74) is 1.21. The van der Waals surface area contributed by atoms with Crippen molar-refractivity contribution in [3.8, 4) is 5.75 Å². The van der Waals surface area contributed by atoms with Crippen LogP contribution in [-0.2, 0) is 13.0 Å². The van der Waals surface area contributed by atoms with E-state index in [0.29, 0.717) is 13.1 Å². The van der Waals surface area contributed by atoms with Crippen LogP contribution in [0.2, 0.25) is 0 Å². The summed E-state index contributed by atoms with van der Waals surface area (Å²) >= 11 is 1.60. The maximum absolute atomic E-state index is 11.1. The Kier molecular flexibility index (Phi) is 3.57. The zero-order chi connectivity index (χ0) is 12.4. The molecule has 17 heavy (non-hydrogen) atoms. The molecule has 0 saturated carbocycles. The predicted octanol–water partition coefficient (Wildman–Crippen LogP) is 2.96. The van der Waals surface area contributed by atoms with E-state index in [1.54, 1.807) is 11.3 Å². The molecule has 0 radical (unpaired) electrons. The van der Waals surface area contributed by atoms with E-state index in [-0.39, 0.29) is 6.10 Å². The van der Waals surface area contributed by atoms with Crippen LogP contribution in [0.1, 0.15) is 30.7 Å². The zero-order valence-corrected chi connectivity index (χ0v) is 10.9. The van der Waals surface area contributed by atoms with Crippen LogP contribution in [0, 0.1) is 0 Å². The number of hydrogen-bond donors (Lipinski definition) is 1. The van der Waals surface area contributed by atoms with Crippen molar-refractivity contribution in [1.29, 1.82) is 0 Å². The Morgan fingerprint density at radius 1 is 1.71 bits per heavy atom. The van der Waals surface area contributed by atoms with E-state index in [1.807, 2.05) is 6.92 Å². The number of fused-ring (bicyclic) bond motifs is 1. The fourth-order valence-corrected chi connectivity index (χ4v) is 3.08. The molecule has 4 nitrogen and oxygen atoms in total. The van der Waals surface area contributed by atoms with Gasteiger partial charge in [-0.1, -0.05) is 13.3 Å². The molecule has 0 aliphatic carbocycles. The van der Waals surface area contributed by atoms with Crippen molar-refractivity contribution in [1.82, 2.24) is 4.90 Å². The highest BCUT2D eigenvalue weighted by Crippen LogP contribution is 2.35. The van der Waals surface area contributed by atoms with Crippen LogP contribution in [0.5, 0.6) is 5.75 Å². The van der Waals surface area contributed by atoms with Gasteiger partial charge >= 0.3 is 6.09 Å². The first-order valence-corrected chi connectivity index (χ1v) is 6.73. The summed E-state index contributed by atoms with van der Waals surface area (Å²) in [6.07, 6.45) is 1.10. The predicted molar refractivity (Wildman–Crippen MR) is 66.8 cm³/mol. The molecule has 1 aliphatic heterocycles. The number of carboxylic acid groups (broad SMARTS) is 1. The lowest BCUT2D eigenvalue weighted by atomic mass is 10.2. The number of rotatable bonds is 2. The lowest BCUT2D eigenvalue weighted by Crippen LogP contribution is -2.34. The van der Waals surface area contributed by atoms with Gasteiger partial charge in [-0.05, 0) is 18.7 Å². The first-order valence-electron chi connectivity index (χ1n) is 5.85. The maximum Gasteiger partial charge on any atom is 0.407 e. The molecule has 1 atom stereocenters. The Balaban J connectivity index is 2.28. The van der Waals surface area contributed by atoms with Crippen molar-refractivity contribution in [2.24, 2.45) is 0 Å². The molecule has 2 heterocycles. The SMILES string of the molecule is CCCc1csc2c1O[C@@H](C)CN(C(=O)O)C2. The van der Waals surface area contributed by atoms with Gasteiger partial charge in [0, 0.05) is 5.56 Å². The van der Waals surface area contributed by atoms with Gasteiger partial charge in [0.05, 0.1) is 18.0 Å². The summed E-state index contributed by atoms with van der Waals surface area (Å²) in [6.45, 7) is 4.93. The largest absolute Gasteiger partial charge is 0.487 e. The van der Waals surface area contributed by atoms with Crippen LogP contribution < -0.4 is 4.74 Å². The molecule has 1 amide bonds. The number of thiophene rings is 1. The van der Waals surface area contributed by atoms with Gasteiger partial charge in [-0.15, -0.1) is 11.3 Å².